The van der Waals surface area contributed by atoms with Crippen molar-refractivity contribution in [1.82, 2.24) is 5.32 Å². The van der Waals surface area contributed by atoms with Crippen LogP contribution >= 0.6 is 0 Å². The van der Waals surface area contributed by atoms with E-state index in [1.165, 1.54) is 12.8 Å². The number of carbonyl (C=O) groups excluding carboxylic acids is 1. The molecule has 0 atom stereocenters. The van der Waals surface area contributed by atoms with Crippen LogP contribution in [0.4, 0.5) is 11.4 Å². The van der Waals surface area contributed by atoms with Crippen LogP contribution < -0.4 is 16.0 Å². The number of rotatable bonds is 5. The second-order valence-corrected chi connectivity index (χ2v) is 5.81. The topological polar surface area (TPSA) is 58.4 Å². The smallest absolute Gasteiger partial charge is 0.220 e. The molecule has 0 unspecified atom stereocenters. The van der Waals surface area contributed by atoms with Crippen molar-refractivity contribution >= 4 is 17.3 Å². The highest BCUT2D eigenvalue weighted by Crippen LogP contribution is 2.27. The van der Waals surface area contributed by atoms with Gasteiger partial charge in [0.25, 0.3) is 0 Å². The van der Waals surface area contributed by atoms with E-state index in [2.05, 4.69) is 22.3 Å². The third-order valence-electron chi connectivity index (χ3n) is 3.63. The van der Waals surface area contributed by atoms with Gasteiger partial charge in [0.05, 0.1) is 11.4 Å². The Hall–Kier alpha value is -1.71. The fraction of sp³-hybridized carbons (Fsp3) is 0.562. The highest BCUT2D eigenvalue weighted by molar-refractivity contribution is 5.76. The van der Waals surface area contributed by atoms with E-state index in [0.717, 1.165) is 36.4 Å². The Labute approximate surface area is 121 Å². The van der Waals surface area contributed by atoms with Crippen molar-refractivity contribution in [2.75, 3.05) is 23.7 Å². The Kier molecular flexibility index (Phi) is 4.88. The molecule has 110 valence electrons. The van der Waals surface area contributed by atoms with Gasteiger partial charge in [0, 0.05) is 25.6 Å². The highest BCUT2D eigenvalue weighted by atomic mass is 16.1. The zero-order valence-corrected chi connectivity index (χ0v) is 12.5. The van der Waals surface area contributed by atoms with Crippen molar-refractivity contribution in [2.45, 2.75) is 45.6 Å². The standard InChI is InChI=1S/C16H25N3O/c1-12(2)18-16(20)8-6-13-5-7-15(14(17)11-13)19-9-3-4-10-19/h5,7,11-12H,3-4,6,8-10,17H2,1-2H3,(H,18,20). The Morgan fingerprint density at radius 1 is 1.35 bits per heavy atom. The lowest BCUT2D eigenvalue weighted by Gasteiger charge is -2.20. The Bertz CT molecular complexity index is 465. The number of nitrogens with one attached hydrogen (secondary N) is 1. The second-order valence-electron chi connectivity index (χ2n) is 5.81. The minimum atomic E-state index is 0.0993. The van der Waals surface area contributed by atoms with Gasteiger partial charge in [0.1, 0.15) is 0 Å². The van der Waals surface area contributed by atoms with Crippen LogP contribution in [0.15, 0.2) is 18.2 Å². The van der Waals surface area contributed by atoms with Gasteiger partial charge < -0.3 is 16.0 Å². The van der Waals surface area contributed by atoms with Gasteiger partial charge in [0.2, 0.25) is 5.91 Å². The predicted molar refractivity (Wildman–Crippen MR) is 83.9 cm³/mol. The summed E-state index contributed by atoms with van der Waals surface area (Å²) in [5, 5.41) is 2.91. The normalized spacial score (nSPS) is 14.8. The van der Waals surface area contributed by atoms with Gasteiger partial charge in [-0.25, -0.2) is 0 Å². The molecule has 0 aromatic heterocycles. The molecule has 2 rings (SSSR count). The number of carbonyl (C=O) groups is 1. The van der Waals surface area contributed by atoms with E-state index in [9.17, 15) is 4.79 Å². The molecule has 1 amide bonds. The number of nitrogen functional groups attached to an aromatic ring is 1. The van der Waals surface area contributed by atoms with Gasteiger partial charge in [-0.1, -0.05) is 6.07 Å². The minimum absolute atomic E-state index is 0.0993. The summed E-state index contributed by atoms with van der Waals surface area (Å²) >= 11 is 0. The number of amides is 1. The van der Waals surface area contributed by atoms with Gasteiger partial charge in [-0.2, -0.15) is 0 Å². The van der Waals surface area contributed by atoms with Crippen molar-refractivity contribution in [3.63, 3.8) is 0 Å². The van der Waals surface area contributed by atoms with Crippen LogP contribution in [0.25, 0.3) is 0 Å². The van der Waals surface area contributed by atoms with Crippen LogP contribution in [0.2, 0.25) is 0 Å². The second kappa shape index (κ2) is 6.64. The van der Waals surface area contributed by atoms with E-state index >= 15 is 0 Å². The van der Waals surface area contributed by atoms with E-state index in [-0.39, 0.29) is 11.9 Å². The summed E-state index contributed by atoms with van der Waals surface area (Å²) in [5.74, 6) is 0.0993. The van der Waals surface area contributed by atoms with Crippen molar-refractivity contribution < 1.29 is 4.79 Å². The highest BCUT2D eigenvalue weighted by Gasteiger charge is 2.15. The number of nitrogens with two attached hydrogens (primary N) is 1. The summed E-state index contributed by atoms with van der Waals surface area (Å²) in [5.41, 5.74) is 9.24. The Balaban J connectivity index is 1.93. The minimum Gasteiger partial charge on any atom is -0.397 e. The number of aryl methyl sites for hydroxylation is 1. The summed E-state index contributed by atoms with van der Waals surface area (Å²) in [4.78, 5) is 14.0. The van der Waals surface area contributed by atoms with Crippen molar-refractivity contribution in [3.8, 4) is 0 Å². The van der Waals surface area contributed by atoms with Gasteiger partial charge in [-0.05, 0) is 50.8 Å². The number of anilines is 2. The number of hydrogen-bond acceptors (Lipinski definition) is 3. The molecule has 4 heteroatoms. The van der Waals surface area contributed by atoms with Crippen molar-refractivity contribution in [3.05, 3.63) is 23.8 Å². The molecule has 1 aromatic carbocycles. The van der Waals surface area contributed by atoms with Gasteiger partial charge in [0.15, 0.2) is 0 Å². The molecule has 0 radical (unpaired) electrons. The SMILES string of the molecule is CC(C)NC(=O)CCc1ccc(N2CCCC2)c(N)c1. The lowest BCUT2D eigenvalue weighted by molar-refractivity contribution is -0.121. The summed E-state index contributed by atoms with van der Waals surface area (Å²) in [7, 11) is 0. The zero-order valence-electron chi connectivity index (χ0n) is 12.5. The third kappa shape index (κ3) is 3.89. The molecular formula is C16H25N3O. The first kappa shape index (κ1) is 14.7. The summed E-state index contributed by atoms with van der Waals surface area (Å²) in [6, 6.07) is 6.39. The average molecular weight is 275 g/mol. The quantitative estimate of drug-likeness (QED) is 0.811. The van der Waals surface area contributed by atoms with E-state index in [0.29, 0.717) is 6.42 Å². The molecule has 4 nitrogen and oxygen atoms in total. The van der Waals surface area contributed by atoms with Crippen LogP contribution in [0.1, 0.15) is 38.7 Å². The fourth-order valence-electron chi connectivity index (χ4n) is 2.66. The predicted octanol–water partition coefficient (Wildman–Crippen LogP) is 2.33. The Morgan fingerprint density at radius 2 is 2.05 bits per heavy atom. The fourth-order valence-corrected chi connectivity index (χ4v) is 2.66. The van der Waals surface area contributed by atoms with E-state index in [4.69, 9.17) is 5.73 Å². The molecule has 20 heavy (non-hydrogen) atoms. The molecule has 1 heterocycles. The molecule has 1 saturated heterocycles. The Morgan fingerprint density at radius 3 is 2.65 bits per heavy atom. The third-order valence-corrected chi connectivity index (χ3v) is 3.63. The molecule has 1 aromatic rings. The van der Waals surface area contributed by atoms with Gasteiger partial charge in [-0.15, -0.1) is 0 Å². The maximum atomic E-state index is 11.6. The van der Waals surface area contributed by atoms with Crippen LogP contribution in [-0.4, -0.2) is 25.0 Å². The maximum Gasteiger partial charge on any atom is 0.220 e. The summed E-state index contributed by atoms with van der Waals surface area (Å²) in [6.07, 6.45) is 3.75. The molecule has 0 bridgehead atoms. The monoisotopic (exact) mass is 275 g/mol. The molecule has 1 fully saturated rings. The van der Waals surface area contributed by atoms with E-state index in [1.807, 2.05) is 19.9 Å². The zero-order chi connectivity index (χ0) is 14.5. The summed E-state index contributed by atoms with van der Waals surface area (Å²) in [6.45, 7) is 6.14. The first-order chi connectivity index (χ1) is 9.56. The van der Waals surface area contributed by atoms with Crippen LogP contribution in [0, 0.1) is 0 Å². The first-order valence-corrected chi connectivity index (χ1v) is 7.49. The lowest BCUT2D eigenvalue weighted by atomic mass is 10.1. The molecule has 3 N–H and O–H groups in total. The number of benzene rings is 1. The van der Waals surface area contributed by atoms with Gasteiger partial charge >= 0.3 is 0 Å². The number of nitrogens with zero attached hydrogens (tertiary/aromatic N) is 1. The first-order valence-electron chi connectivity index (χ1n) is 7.49. The lowest BCUT2D eigenvalue weighted by Crippen LogP contribution is -2.30. The van der Waals surface area contributed by atoms with Crippen LogP contribution in [0.5, 0.6) is 0 Å². The largest absolute Gasteiger partial charge is 0.397 e. The maximum absolute atomic E-state index is 11.6. The summed E-state index contributed by atoms with van der Waals surface area (Å²) < 4.78 is 0. The van der Waals surface area contributed by atoms with Crippen LogP contribution in [-0.2, 0) is 11.2 Å². The molecule has 0 spiro atoms. The van der Waals surface area contributed by atoms with E-state index < -0.39 is 0 Å². The molecule has 1 aliphatic rings. The number of hydrogen-bond donors (Lipinski definition) is 2. The van der Waals surface area contributed by atoms with Gasteiger partial charge in [-0.3, -0.25) is 4.79 Å². The van der Waals surface area contributed by atoms with Crippen LogP contribution in [0.3, 0.4) is 0 Å². The average Bonchev–Trinajstić information content (AvgIpc) is 2.89. The van der Waals surface area contributed by atoms with E-state index in [1.54, 1.807) is 0 Å². The molecule has 0 aliphatic carbocycles. The molecule has 1 aliphatic heterocycles. The van der Waals surface area contributed by atoms with Crippen molar-refractivity contribution in [1.29, 1.82) is 0 Å². The van der Waals surface area contributed by atoms with Crippen molar-refractivity contribution in [2.24, 2.45) is 0 Å². The molecular weight excluding hydrogens is 250 g/mol. The molecule has 0 saturated carbocycles.